The molecule has 2 amide bonds. The first-order chi connectivity index (χ1) is 8.99. The molecule has 2 aliphatic rings. The predicted octanol–water partition coefficient (Wildman–Crippen LogP) is -0.878. The van der Waals surface area contributed by atoms with Gasteiger partial charge in [-0.2, -0.15) is 0 Å². The lowest BCUT2D eigenvalue weighted by Crippen LogP contribution is -2.60. The monoisotopic (exact) mass is 268 g/mol. The van der Waals surface area contributed by atoms with Crippen LogP contribution in [0.3, 0.4) is 0 Å². The molecule has 6 nitrogen and oxygen atoms in total. The normalized spacial score (nSPS) is 32.0. The summed E-state index contributed by atoms with van der Waals surface area (Å²) in [6, 6.07) is 0.289. The summed E-state index contributed by atoms with van der Waals surface area (Å²) < 4.78 is 0. The predicted molar refractivity (Wildman–Crippen MR) is 69.9 cm³/mol. The highest BCUT2D eigenvalue weighted by Crippen LogP contribution is 2.43. The number of piperidine rings is 1. The first-order valence-electron chi connectivity index (χ1n) is 6.71. The van der Waals surface area contributed by atoms with Crippen molar-refractivity contribution in [1.82, 2.24) is 9.80 Å². The number of amides is 2. The first-order valence-corrected chi connectivity index (χ1v) is 6.71. The Hall–Kier alpha value is -1.14. The minimum Gasteiger partial charge on any atom is -0.390 e. The number of β-amino-alcohol motifs (C(OH)–C–C–N with tert-alkyl or cyclic N) is 1. The van der Waals surface area contributed by atoms with Crippen LogP contribution in [0.15, 0.2) is 0 Å². The summed E-state index contributed by atoms with van der Waals surface area (Å²) in [6.07, 6.45) is 5.46. The van der Waals surface area contributed by atoms with Crippen molar-refractivity contribution in [3.63, 3.8) is 0 Å². The van der Waals surface area contributed by atoms with Gasteiger partial charge in [0.15, 0.2) is 0 Å². The lowest BCUT2D eigenvalue weighted by Gasteiger charge is -2.43. The molecule has 2 rings (SSSR count). The van der Waals surface area contributed by atoms with Gasteiger partial charge in [-0.1, -0.05) is 0 Å². The number of aliphatic hydroxyl groups excluding tert-OH is 1. The van der Waals surface area contributed by atoms with Crippen LogP contribution in [-0.4, -0.2) is 65.0 Å². The average Bonchev–Trinajstić information content (AvgIpc) is 2.59. The van der Waals surface area contributed by atoms with Crippen molar-refractivity contribution >= 4 is 12.3 Å². The Bertz CT molecular complexity index is 359. The number of aliphatic hydroxyl groups is 1. The summed E-state index contributed by atoms with van der Waals surface area (Å²) in [5, 5.41) is 10.1. The number of likely N-dealkylation sites (N-methyl/N-ethyl adjacent to an activating group) is 1. The van der Waals surface area contributed by atoms with Crippen molar-refractivity contribution in [3.8, 4) is 0 Å². The molecular formula is C13H22N3O3. The summed E-state index contributed by atoms with van der Waals surface area (Å²) in [5.74, 6) is -0.304. The van der Waals surface area contributed by atoms with Crippen LogP contribution in [0, 0.1) is 6.42 Å². The van der Waals surface area contributed by atoms with Gasteiger partial charge in [-0.05, 0) is 32.1 Å². The largest absolute Gasteiger partial charge is 0.390 e. The van der Waals surface area contributed by atoms with Gasteiger partial charge in [0.2, 0.25) is 12.3 Å². The van der Waals surface area contributed by atoms with Crippen LogP contribution in [0.1, 0.15) is 25.7 Å². The van der Waals surface area contributed by atoms with Gasteiger partial charge >= 0.3 is 0 Å². The van der Waals surface area contributed by atoms with E-state index in [-0.39, 0.29) is 18.5 Å². The molecule has 0 aromatic carbocycles. The molecule has 2 heterocycles. The number of rotatable bonds is 6. The van der Waals surface area contributed by atoms with Crippen molar-refractivity contribution in [2.45, 2.75) is 43.4 Å². The fourth-order valence-corrected chi connectivity index (χ4v) is 3.38. The molecule has 3 atom stereocenters. The lowest BCUT2D eigenvalue weighted by molar-refractivity contribution is -0.132. The number of carbonyl (C=O) groups is 2. The van der Waals surface area contributed by atoms with E-state index >= 15 is 0 Å². The lowest BCUT2D eigenvalue weighted by atomic mass is 9.87. The zero-order valence-corrected chi connectivity index (χ0v) is 11.3. The van der Waals surface area contributed by atoms with Gasteiger partial charge in [0.05, 0.1) is 6.10 Å². The van der Waals surface area contributed by atoms with Crippen LogP contribution in [0.2, 0.25) is 0 Å². The summed E-state index contributed by atoms with van der Waals surface area (Å²) in [7, 11) is 1.62. The van der Waals surface area contributed by atoms with Gasteiger partial charge in [0, 0.05) is 26.2 Å². The zero-order valence-electron chi connectivity index (χ0n) is 11.3. The second-order valence-electron chi connectivity index (χ2n) is 5.67. The summed E-state index contributed by atoms with van der Waals surface area (Å²) >= 11 is 0. The Labute approximate surface area is 113 Å². The maximum atomic E-state index is 11.8. The third kappa shape index (κ3) is 2.60. The van der Waals surface area contributed by atoms with E-state index < -0.39 is 11.6 Å². The average molecular weight is 268 g/mol. The highest BCUT2D eigenvalue weighted by molar-refractivity contribution is 5.85. The van der Waals surface area contributed by atoms with E-state index in [0.29, 0.717) is 19.4 Å². The standard InChI is InChI=1S/C13H22N3O3/c1-15(9-17)7-11(18)8-16-10-3-2-5-13(16,6-4-10)12(14)19/h2,9-11,18H,3-8H2,1H3,(H2,14,19)/t10-,11?,13+/m0/s1. The highest BCUT2D eigenvalue weighted by atomic mass is 16.3. The van der Waals surface area contributed by atoms with Crippen LogP contribution in [-0.2, 0) is 9.59 Å². The molecule has 2 aliphatic heterocycles. The molecule has 2 saturated heterocycles. The number of hydrogen-bond donors (Lipinski definition) is 2. The Balaban J connectivity index is 2.05. The SMILES string of the molecule is CN(C=O)CC(O)CN1[C@H]2C[CH]C[C@]1(C(N)=O)CC2. The first kappa shape index (κ1) is 14.3. The smallest absolute Gasteiger partial charge is 0.237 e. The summed E-state index contributed by atoms with van der Waals surface area (Å²) in [4.78, 5) is 25.8. The molecule has 0 spiro atoms. The van der Waals surface area contributed by atoms with E-state index in [9.17, 15) is 14.7 Å². The Morgan fingerprint density at radius 3 is 3.11 bits per heavy atom. The third-order valence-electron chi connectivity index (χ3n) is 4.35. The Kier molecular flexibility index (Phi) is 4.10. The zero-order chi connectivity index (χ0) is 14.0. The fraction of sp³-hybridized carbons (Fsp3) is 0.769. The number of nitrogens with zero attached hydrogens (tertiary/aromatic N) is 2. The molecule has 19 heavy (non-hydrogen) atoms. The molecule has 2 fully saturated rings. The van der Waals surface area contributed by atoms with E-state index in [2.05, 4.69) is 11.3 Å². The molecule has 0 aliphatic carbocycles. The number of primary amides is 1. The van der Waals surface area contributed by atoms with Crippen LogP contribution < -0.4 is 5.73 Å². The molecule has 6 heteroatoms. The molecule has 0 saturated carbocycles. The van der Waals surface area contributed by atoms with Crippen molar-refractivity contribution < 1.29 is 14.7 Å². The van der Waals surface area contributed by atoms with Crippen molar-refractivity contribution in [3.05, 3.63) is 6.42 Å². The van der Waals surface area contributed by atoms with E-state index in [1.807, 2.05) is 0 Å². The van der Waals surface area contributed by atoms with Crippen LogP contribution in [0.4, 0.5) is 0 Å². The second kappa shape index (κ2) is 5.46. The maximum absolute atomic E-state index is 11.8. The molecule has 1 unspecified atom stereocenters. The van der Waals surface area contributed by atoms with Gasteiger partial charge in [-0.15, -0.1) is 0 Å². The van der Waals surface area contributed by atoms with Crippen molar-refractivity contribution in [2.75, 3.05) is 20.1 Å². The number of nitrogens with two attached hydrogens (primary N) is 1. The molecule has 0 aromatic heterocycles. The molecule has 2 bridgehead atoms. The molecule has 107 valence electrons. The number of hydrogen-bond acceptors (Lipinski definition) is 4. The Morgan fingerprint density at radius 2 is 2.47 bits per heavy atom. The minimum absolute atomic E-state index is 0.269. The van der Waals surface area contributed by atoms with Gasteiger partial charge in [0.25, 0.3) is 0 Å². The van der Waals surface area contributed by atoms with Crippen LogP contribution in [0.25, 0.3) is 0 Å². The van der Waals surface area contributed by atoms with Gasteiger partial charge < -0.3 is 15.7 Å². The minimum atomic E-state index is -0.660. The summed E-state index contributed by atoms with van der Waals surface area (Å²) in [5.41, 5.74) is 4.96. The quantitative estimate of drug-likeness (QED) is 0.613. The van der Waals surface area contributed by atoms with E-state index in [1.54, 1.807) is 7.05 Å². The molecule has 1 radical (unpaired) electrons. The van der Waals surface area contributed by atoms with E-state index in [4.69, 9.17) is 5.73 Å². The van der Waals surface area contributed by atoms with Crippen molar-refractivity contribution in [1.29, 1.82) is 0 Å². The fourth-order valence-electron chi connectivity index (χ4n) is 3.38. The van der Waals surface area contributed by atoms with Gasteiger partial charge in [-0.3, -0.25) is 14.5 Å². The molecular weight excluding hydrogens is 246 g/mol. The second-order valence-corrected chi connectivity index (χ2v) is 5.67. The van der Waals surface area contributed by atoms with Crippen LogP contribution in [0.5, 0.6) is 0 Å². The molecule has 0 aromatic rings. The number of fused-ring (bicyclic) bond motifs is 2. The van der Waals surface area contributed by atoms with Gasteiger partial charge in [-0.25, -0.2) is 0 Å². The topological polar surface area (TPSA) is 86.9 Å². The third-order valence-corrected chi connectivity index (χ3v) is 4.35. The highest BCUT2D eigenvalue weighted by Gasteiger charge is 2.52. The maximum Gasteiger partial charge on any atom is 0.237 e. The number of carbonyl (C=O) groups excluding carboxylic acids is 2. The van der Waals surface area contributed by atoms with Crippen molar-refractivity contribution in [2.24, 2.45) is 5.73 Å². The van der Waals surface area contributed by atoms with Gasteiger partial charge in [0.1, 0.15) is 5.54 Å². The summed E-state index contributed by atoms with van der Waals surface area (Å²) in [6.45, 7) is 0.658. The van der Waals surface area contributed by atoms with E-state index in [1.165, 1.54) is 4.90 Å². The Morgan fingerprint density at radius 1 is 1.74 bits per heavy atom. The van der Waals surface area contributed by atoms with Crippen LogP contribution >= 0.6 is 0 Å². The van der Waals surface area contributed by atoms with E-state index in [0.717, 1.165) is 19.3 Å². The molecule has 3 N–H and O–H groups in total.